The van der Waals surface area contributed by atoms with E-state index in [9.17, 15) is 9.59 Å². The Labute approximate surface area is 96.5 Å². The molecule has 0 radical (unpaired) electrons. The highest BCUT2D eigenvalue weighted by Gasteiger charge is 2.32. The normalized spacial score (nSPS) is 22.2. The number of nitrogens with zero attached hydrogens (tertiary/aromatic N) is 1. The lowest BCUT2D eigenvalue weighted by Crippen LogP contribution is -2.42. The maximum Gasteiger partial charge on any atom is 0.240 e. The van der Waals surface area contributed by atoms with E-state index in [0.29, 0.717) is 18.8 Å². The van der Waals surface area contributed by atoms with Gasteiger partial charge in [0.1, 0.15) is 11.8 Å². The van der Waals surface area contributed by atoms with Gasteiger partial charge in [0.25, 0.3) is 0 Å². The van der Waals surface area contributed by atoms with Gasteiger partial charge < -0.3 is 15.4 Å². The van der Waals surface area contributed by atoms with Gasteiger partial charge in [0, 0.05) is 18.7 Å². The fourth-order valence-electron chi connectivity index (χ4n) is 2.39. The summed E-state index contributed by atoms with van der Waals surface area (Å²) in [6.45, 7) is 8.20. The maximum atomic E-state index is 11.3. The summed E-state index contributed by atoms with van der Waals surface area (Å²) >= 11 is 0. The molecular formula is C12H20N2O2. The third kappa shape index (κ3) is 2.84. The van der Waals surface area contributed by atoms with E-state index in [4.69, 9.17) is 5.73 Å². The van der Waals surface area contributed by atoms with Crippen LogP contribution in [0.3, 0.4) is 0 Å². The molecule has 0 saturated carbocycles. The Balaban J connectivity index is 2.66. The highest BCUT2D eigenvalue weighted by molar-refractivity contribution is 5.80. The van der Waals surface area contributed by atoms with Crippen molar-refractivity contribution in [2.75, 3.05) is 6.54 Å². The molecule has 1 rings (SSSR count). The Morgan fingerprint density at radius 1 is 1.62 bits per heavy atom. The minimum Gasteiger partial charge on any atom is -0.368 e. The van der Waals surface area contributed by atoms with E-state index in [1.165, 1.54) is 0 Å². The van der Waals surface area contributed by atoms with Gasteiger partial charge in [0.2, 0.25) is 5.91 Å². The summed E-state index contributed by atoms with van der Waals surface area (Å²) in [7, 11) is 0. The zero-order chi connectivity index (χ0) is 12.3. The van der Waals surface area contributed by atoms with E-state index in [2.05, 4.69) is 6.58 Å². The first-order valence-electron chi connectivity index (χ1n) is 5.68. The monoisotopic (exact) mass is 224 g/mol. The molecule has 2 atom stereocenters. The number of rotatable bonds is 5. The second kappa shape index (κ2) is 5.14. The molecule has 0 aliphatic carbocycles. The molecule has 4 nitrogen and oxygen atoms in total. The highest BCUT2D eigenvalue weighted by Crippen LogP contribution is 2.30. The first-order chi connectivity index (χ1) is 7.45. The third-order valence-electron chi connectivity index (χ3n) is 3.05. The number of carbonyl (C=O) groups excluding carboxylic acids is 2. The fourth-order valence-corrected chi connectivity index (χ4v) is 2.39. The number of ketones is 1. The molecule has 0 bridgehead atoms. The molecule has 0 aromatic heterocycles. The number of likely N-dealkylation sites (tertiary alicyclic amines) is 1. The molecule has 16 heavy (non-hydrogen) atoms. The molecule has 4 heteroatoms. The number of carbonyl (C=O) groups is 2. The molecule has 2 N–H and O–H groups in total. The minimum atomic E-state index is -0.313. The van der Waals surface area contributed by atoms with Crippen molar-refractivity contribution in [1.82, 2.24) is 4.90 Å². The van der Waals surface area contributed by atoms with Crippen molar-refractivity contribution in [3.63, 3.8) is 0 Å². The van der Waals surface area contributed by atoms with Gasteiger partial charge in [-0.1, -0.05) is 13.5 Å². The SMILES string of the molecule is C=C1C[C@@H](CC(C)=O)CN1[C@@H](CC)C(N)=O. The molecule has 0 aromatic carbocycles. The summed E-state index contributed by atoms with van der Waals surface area (Å²) < 4.78 is 0. The Bertz CT molecular complexity index is 312. The number of Topliss-reactive ketones (excluding diaryl/α,β-unsaturated/α-hetero) is 1. The number of allylic oxidation sites excluding steroid dienone is 1. The second-order valence-corrected chi connectivity index (χ2v) is 4.52. The summed E-state index contributed by atoms with van der Waals surface area (Å²) in [5.74, 6) is 0.164. The summed E-state index contributed by atoms with van der Waals surface area (Å²) in [5, 5.41) is 0. The Morgan fingerprint density at radius 2 is 2.25 bits per heavy atom. The molecule has 0 spiro atoms. The second-order valence-electron chi connectivity index (χ2n) is 4.52. The van der Waals surface area contributed by atoms with Gasteiger partial charge in [-0.05, 0) is 25.7 Å². The Morgan fingerprint density at radius 3 is 2.69 bits per heavy atom. The zero-order valence-electron chi connectivity index (χ0n) is 10.0. The average molecular weight is 224 g/mol. The minimum absolute atomic E-state index is 0.187. The zero-order valence-corrected chi connectivity index (χ0v) is 10.0. The van der Waals surface area contributed by atoms with E-state index in [1.54, 1.807) is 6.92 Å². The first-order valence-corrected chi connectivity index (χ1v) is 5.68. The first kappa shape index (κ1) is 12.7. The van der Waals surface area contributed by atoms with Crippen LogP contribution < -0.4 is 5.73 Å². The molecule has 1 aliphatic rings. The maximum absolute atomic E-state index is 11.3. The predicted molar refractivity (Wildman–Crippen MR) is 62.5 cm³/mol. The van der Waals surface area contributed by atoms with Crippen LogP contribution in [0.5, 0.6) is 0 Å². The van der Waals surface area contributed by atoms with Crippen molar-refractivity contribution in [1.29, 1.82) is 0 Å². The van der Waals surface area contributed by atoms with E-state index in [1.807, 2.05) is 11.8 Å². The molecule has 1 fully saturated rings. The van der Waals surface area contributed by atoms with Crippen molar-refractivity contribution in [2.45, 2.75) is 39.2 Å². The number of nitrogens with two attached hydrogens (primary N) is 1. The summed E-state index contributed by atoms with van der Waals surface area (Å²) in [6.07, 6.45) is 2.04. The highest BCUT2D eigenvalue weighted by atomic mass is 16.1. The quantitative estimate of drug-likeness (QED) is 0.759. The summed E-state index contributed by atoms with van der Waals surface area (Å²) in [4.78, 5) is 24.3. The summed E-state index contributed by atoms with van der Waals surface area (Å²) in [6, 6.07) is -0.274. The van der Waals surface area contributed by atoms with Gasteiger partial charge in [-0.15, -0.1) is 0 Å². The smallest absolute Gasteiger partial charge is 0.240 e. The predicted octanol–water partition coefficient (Wildman–Crippen LogP) is 1.06. The standard InChI is InChI=1S/C12H20N2O2/c1-4-11(12(13)16)14-7-10(5-8(14)2)6-9(3)15/h10-11H,2,4-7H2,1,3H3,(H2,13,16)/t10-,11-/m0/s1. The van der Waals surface area contributed by atoms with E-state index < -0.39 is 0 Å². The number of hydrogen-bond acceptors (Lipinski definition) is 3. The van der Waals surface area contributed by atoms with E-state index in [-0.39, 0.29) is 17.7 Å². The molecule has 1 amide bonds. The van der Waals surface area contributed by atoms with Crippen LogP contribution in [0.15, 0.2) is 12.3 Å². The van der Waals surface area contributed by atoms with Crippen LogP contribution in [0.4, 0.5) is 0 Å². The summed E-state index contributed by atoms with van der Waals surface area (Å²) in [5.41, 5.74) is 6.27. The van der Waals surface area contributed by atoms with Crippen LogP contribution in [-0.2, 0) is 9.59 Å². The lowest BCUT2D eigenvalue weighted by atomic mass is 10.0. The van der Waals surface area contributed by atoms with Crippen LogP contribution in [0, 0.1) is 5.92 Å². The van der Waals surface area contributed by atoms with E-state index >= 15 is 0 Å². The largest absolute Gasteiger partial charge is 0.368 e. The van der Waals surface area contributed by atoms with Crippen LogP contribution in [0.2, 0.25) is 0 Å². The Kier molecular flexibility index (Phi) is 4.10. The number of hydrogen-bond donors (Lipinski definition) is 1. The lowest BCUT2D eigenvalue weighted by Gasteiger charge is -2.27. The van der Waals surface area contributed by atoms with Crippen molar-refractivity contribution >= 4 is 11.7 Å². The van der Waals surface area contributed by atoms with Crippen molar-refractivity contribution in [3.8, 4) is 0 Å². The fraction of sp³-hybridized carbons (Fsp3) is 0.667. The number of primary amides is 1. The average Bonchev–Trinajstić information content (AvgIpc) is 2.46. The van der Waals surface area contributed by atoms with Gasteiger partial charge in [-0.25, -0.2) is 0 Å². The molecule has 0 aromatic rings. The van der Waals surface area contributed by atoms with Gasteiger partial charge in [0.15, 0.2) is 0 Å². The third-order valence-corrected chi connectivity index (χ3v) is 3.05. The lowest BCUT2D eigenvalue weighted by molar-refractivity contribution is -0.122. The molecule has 90 valence electrons. The van der Waals surface area contributed by atoms with Crippen LogP contribution in [0.1, 0.15) is 33.1 Å². The van der Waals surface area contributed by atoms with Crippen molar-refractivity contribution in [2.24, 2.45) is 11.7 Å². The molecule has 1 heterocycles. The Hall–Kier alpha value is -1.32. The van der Waals surface area contributed by atoms with Crippen molar-refractivity contribution in [3.05, 3.63) is 12.3 Å². The topological polar surface area (TPSA) is 63.4 Å². The van der Waals surface area contributed by atoms with E-state index in [0.717, 1.165) is 18.7 Å². The molecule has 1 aliphatic heterocycles. The molecular weight excluding hydrogens is 204 g/mol. The van der Waals surface area contributed by atoms with Gasteiger partial charge in [-0.2, -0.15) is 0 Å². The molecule has 0 unspecified atom stereocenters. The molecule has 1 saturated heterocycles. The van der Waals surface area contributed by atoms with Crippen LogP contribution in [0.25, 0.3) is 0 Å². The van der Waals surface area contributed by atoms with Gasteiger partial charge >= 0.3 is 0 Å². The van der Waals surface area contributed by atoms with Gasteiger partial charge in [-0.3, -0.25) is 4.79 Å². The van der Waals surface area contributed by atoms with Gasteiger partial charge in [0.05, 0.1) is 0 Å². The van der Waals surface area contributed by atoms with Crippen LogP contribution >= 0.6 is 0 Å². The van der Waals surface area contributed by atoms with Crippen LogP contribution in [-0.4, -0.2) is 29.2 Å². The van der Waals surface area contributed by atoms with Crippen molar-refractivity contribution < 1.29 is 9.59 Å². The number of amides is 1.